The van der Waals surface area contributed by atoms with Gasteiger partial charge in [-0.3, -0.25) is 0 Å². The van der Waals surface area contributed by atoms with Crippen molar-refractivity contribution in [3.05, 3.63) is 35.1 Å². The summed E-state index contributed by atoms with van der Waals surface area (Å²) in [6, 6.07) is 2.97. The lowest BCUT2D eigenvalue weighted by Crippen LogP contribution is -2.22. The molecule has 3 aromatic heterocycles. The Morgan fingerprint density at radius 3 is 2.78 bits per heavy atom. The van der Waals surface area contributed by atoms with Crippen molar-refractivity contribution in [3.8, 4) is 10.6 Å². The van der Waals surface area contributed by atoms with Gasteiger partial charge >= 0.3 is 0 Å². The maximum Gasteiger partial charge on any atom is 0.143 e. The number of fused-ring (bicyclic) bond motifs is 1. The number of thiazole rings is 1. The number of hydrogen-bond donors (Lipinski definition) is 0. The van der Waals surface area contributed by atoms with Gasteiger partial charge in [0.15, 0.2) is 0 Å². The van der Waals surface area contributed by atoms with E-state index in [4.69, 9.17) is 16.3 Å². The molecule has 0 amide bonds. The maximum absolute atomic E-state index is 6.40. The third kappa shape index (κ3) is 3.83. The largest absolute Gasteiger partial charge is 0.361 e. The average Bonchev–Trinajstić information content (AvgIpc) is 3.11. The van der Waals surface area contributed by atoms with E-state index in [2.05, 4.69) is 29.6 Å². The minimum absolute atomic E-state index is 0.486. The molecular formula is C16H20ClN3OSSi. The highest BCUT2D eigenvalue weighted by atomic mass is 35.5. The quantitative estimate of drug-likeness (QED) is 0.449. The van der Waals surface area contributed by atoms with Crippen LogP contribution in [0.5, 0.6) is 0 Å². The Morgan fingerprint density at radius 2 is 2.09 bits per heavy atom. The van der Waals surface area contributed by atoms with Gasteiger partial charge in [0.1, 0.15) is 17.4 Å². The molecule has 0 aromatic carbocycles. The first kappa shape index (κ1) is 16.6. The molecule has 0 radical (unpaired) electrons. The van der Waals surface area contributed by atoms with Crippen molar-refractivity contribution in [2.24, 2.45) is 0 Å². The second kappa shape index (κ2) is 6.73. The first-order chi connectivity index (χ1) is 11.0. The van der Waals surface area contributed by atoms with Gasteiger partial charge in [-0.25, -0.2) is 9.97 Å². The van der Waals surface area contributed by atoms with Crippen molar-refractivity contribution in [1.29, 1.82) is 0 Å². The van der Waals surface area contributed by atoms with Gasteiger partial charge in [0.05, 0.1) is 5.02 Å². The molecule has 0 spiro atoms. The van der Waals surface area contributed by atoms with Gasteiger partial charge in [0.25, 0.3) is 0 Å². The van der Waals surface area contributed by atoms with E-state index < -0.39 is 8.07 Å². The van der Waals surface area contributed by atoms with Crippen molar-refractivity contribution in [2.75, 3.05) is 6.61 Å². The van der Waals surface area contributed by atoms with E-state index in [1.165, 1.54) is 0 Å². The molecule has 0 aliphatic carbocycles. The minimum Gasteiger partial charge on any atom is -0.361 e. The van der Waals surface area contributed by atoms with E-state index in [1.54, 1.807) is 23.7 Å². The molecule has 0 saturated carbocycles. The molecule has 3 aromatic rings. The Balaban J connectivity index is 1.88. The molecule has 7 heteroatoms. The van der Waals surface area contributed by atoms with Crippen LogP contribution in [0.2, 0.25) is 30.7 Å². The SMILES string of the molecule is C[Si](C)(C)CCOCn1cc(-c2nccs2)c2c(Cl)ccnc21. The molecule has 0 unspecified atom stereocenters. The number of halogens is 1. The molecule has 4 nitrogen and oxygen atoms in total. The fraction of sp³-hybridized carbons (Fsp3) is 0.375. The number of pyridine rings is 1. The van der Waals surface area contributed by atoms with Crippen molar-refractivity contribution in [3.63, 3.8) is 0 Å². The van der Waals surface area contributed by atoms with Gasteiger partial charge in [-0.1, -0.05) is 31.2 Å². The molecule has 0 atom stereocenters. The van der Waals surface area contributed by atoms with Crippen LogP contribution in [0.4, 0.5) is 0 Å². The normalized spacial score (nSPS) is 12.2. The van der Waals surface area contributed by atoms with Gasteiger partial charge in [-0.2, -0.15) is 0 Å². The lowest BCUT2D eigenvalue weighted by Gasteiger charge is -2.15. The molecule has 0 fully saturated rings. The molecule has 0 aliphatic rings. The first-order valence-electron chi connectivity index (χ1n) is 7.57. The molecule has 3 rings (SSSR count). The van der Waals surface area contributed by atoms with E-state index >= 15 is 0 Å². The van der Waals surface area contributed by atoms with Crippen LogP contribution in [0.15, 0.2) is 30.0 Å². The molecule has 122 valence electrons. The highest BCUT2D eigenvalue weighted by molar-refractivity contribution is 7.13. The Bertz CT molecular complexity index is 796. The predicted octanol–water partition coefficient (Wildman–Crippen LogP) is 5.13. The Morgan fingerprint density at radius 1 is 1.26 bits per heavy atom. The molecule has 0 N–H and O–H groups in total. The summed E-state index contributed by atoms with van der Waals surface area (Å²) in [5, 5.41) is 4.55. The molecule has 0 saturated heterocycles. The summed E-state index contributed by atoms with van der Waals surface area (Å²) in [6.45, 7) is 8.32. The molecule has 0 aliphatic heterocycles. The van der Waals surface area contributed by atoms with E-state index in [1.807, 2.05) is 22.2 Å². The van der Waals surface area contributed by atoms with Gasteiger partial charge in [0, 0.05) is 49.6 Å². The lowest BCUT2D eigenvalue weighted by molar-refractivity contribution is 0.0899. The number of rotatable bonds is 6. The van der Waals surface area contributed by atoms with Crippen LogP contribution in [-0.4, -0.2) is 29.2 Å². The van der Waals surface area contributed by atoms with E-state index in [-0.39, 0.29) is 0 Å². The summed E-state index contributed by atoms with van der Waals surface area (Å²) in [5.41, 5.74) is 1.86. The molecule has 23 heavy (non-hydrogen) atoms. The van der Waals surface area contributed by atoms with Crippen LogP contribution in [-0.2, 0) is 11.5 Å². The Hall–Kier alpha value is -1.21. The van der Waals surface area contributed by atoms with Crippen LogP contribution >= 0.6 is 22.9 Å². The van der Waals surface area contributed by atoms with Crippen LogP contribution in [0, 0.1) is 0 Å². The van der Waals surface area contributed by atoms with Crippen LogP contribution < -0.4 is 0 Å². The molecular weight excluding hydrogens is 346 g/mol. The summed E-state index contributed by atoms with van der Waals surface area (Å²) >= 11 is 8.00. The zero-order valence-corrected chi connectivity index (χ0v) is 16.1. The van der Waals surface area contributed by atoms with Crippen molar-refractivity contribution >= 4 is 42.0 Å². The summed E-state index contributed by atoms with van der Waals surface area (Å²) in [6.07, 6.45) is 5.57. The maximum atomic E-state index is 6.40. The van der Waals surface area contributed by atoms with Gasteiger partial charge < -0.3 is 9.30 Å². The average molecular weight is 366 g/mol. The lowest BCUT2D eigenvalue weighted by atomic mass is 10.2. The smallest absolute Gasteiger partial charge is 0.143 e. The Labute approximate surface area is 146 Å². The van der Waals surface area contributed by atoms with Crippen LogP contribution in [0.1, 0.15) is 0 Å². The van der Waals surface area contributed by atoms with Gasteiger partial charge in [0.2, 0.25) is 0 Å². The zero-order valence-electron chi connectivity index (χ0n) is 13.5. The first-order valence-corrected chi connectivity index (χ1v) is 12.5. The summed E-state index contributed by atoms with van der Waals surface area (Å²) in [5.74, 6) is 0. The summed E-state index contributed by atoms with van der Waals surface area (Å²) in [4.78, 5) is 8.89. The number of nitrogens with zero attached hydrogens (tertiary/aromatic N) is 3. The van der Waals surface area contributed by atoms with Crippen LogP contribution in [0.25, 0.3) is 21.6 Å². The molecule has 3 heterocycles. The Kier molecular flexibility index (Phi) is 4.87. The van der Waals surface area contributed by atoms with E-state index in [0.29, 0.717) is 11.8 Å². The monoisotopic (exact) mass is 365 g/mol. The predicted molar refractivity (Wildman–Crippen MR) is 100.0 cm³/mol. The van der Waals surface area contributed by atoms with Crippen molar-refractivity contribution in [2.45, 2.75) is 32.4 Å². The summed E-state index contributed by atoms with van der Waals surface area (Å²) in [7, 11) is -1.08. The van der Waals surface area contributed by atoms with E-state index in [0.717, 1.165) is 34.3 Å². The number of ether oxygens (including phenoxy) is 1. The fourth-order valence-electron chi connectivity index (χ4n) is 2.33. The highest BCUT2D eigenvalue weighted by Gasteiger charge is 2.16. The standard InChI is InChI=1S/C16H20ClN3OSSi/c1-23(2,3)9-7-21-11-20-10-12(16-19-6-8-22-16)14-13(17)4-5-18-15(14)20/h4-6,8,10H,7,9,11H2,1-3H3. The second-order valence-electron chi connectivity index (χ2n) is 6.69. The van der Waals surface area contributed by atoms with Crippen LogP contribution in [0.3, 0.4) is 0 Å². The zero-order chi connectivity index (χ0) is 16.4. The number of aromatic nitrogens is 3. The van der Waals surface area contributed by atoms with Gasteiger partial charge in [-0.15, -0.1) is 11.3 Å². The third-order valence-electron chi connectivity index (χ3n) is 3.60. The van der Waals surface area contributed by atoms with E-state index in [9.17, 15) is 0 Å². The van der Waals surface area contributed by atoms with Gasteiger partial charge in [-0.05, 0) is 12.1 Å². The third-order valence-corrected chi connectivity index (χ3v) is 6.42. The minimum atomic E-state index is -1.08. The second-order valence-corrected chi connectivity index (χ2v) is 13.6. The fourth-order valence-corrected chi connectivity index (χ4v) is 3.99. The molecule has 0 bridgehead atoms. The number of hydrogen-bond acceptors (Lipinski definition) is 4. The summed E-state index contributed by atoms with van der Waals surface area (Å²) < 4.78 is 7.89. The highest BCUT2D eigenvalue weighted by Crippen LogP contribution is 2.35. The van der Waals surface area contributed by atoms with Crippen molar-refractivity contribution < 1.29 is 4.74 Å². The van der Waals surface area contributed by atoms with Crippen molar-refractivity contribution in [1.82, 2.24) is 14.5 Å². The topological polar surface area (TPSA) is 39.9 Å².